The minimum Gasteiger partial charge on any atom is -0.373 e. The number of rotatable bonds is 2. The summed E-state index contributed by atoms with van der Waals surface area (Å²) in [7, 11) is 0. The quantitative estimate of drug-likeness (QED) is 0.778. The van der Waals surface area contributed by atoms with Crippen molar-refractivity contribution in [2.24, 2.45) is 0 Å². The average Bonchev–Trinajstić information content (AvgIpc) is 2.39. The van der Waals surface area contributed by atoms with E-state index in [2.05, 4.69) is 50.8 Å². The van der Waals surface area contributed by atoms with Crippen LogP contribution in [0.25, 0.3) is 0 Å². The Bertz CT molecular complexity index is 604. The number of nitrogens with zero attached hydrogens (tertiary/aromatic N) is 2. The SMILES string of the molecule is Cc1n[c-]cc(Cc2c(C)c(C)c(C)c(C)c2C)n1.[Y]. The van der Waals surface area contributed by atoms with Crippen molar-refractivity contribution < 1.29 is 32.7 Å². The summed E-state index contributed by atoms with van der Waals surface area (Å²) in [6.45, 7) is 12.9. The van der Waals surface area contributed by atoms with Crippen molar-refractivity contribution in [2.75, 3.05) is 0 Å². The standard InChI is InChI=1S/C17H21N2.Y/c1-10-11(2)13(4)17(14(5)12(10)3)9-16-7-8-18-15(6)19-16;/h7H,9H2,1-6H3;/q-1;. The van der Waals surface area contributed by atoms with Gasteiger partial charge in [0.15, 0.2) is 0 Å². The molecule has 1 heterocycles. The van der Waals surface area contributed by atoms with Gasteiger partial charge in [0.2, 0.25) is 0 Å². The van der Waals surface area contributed by atoms with Gasteiger partial charge in [0.25, 0.3) is 0 Å². The minimum atomic E-state index is 0. The van der Waals surface area contributed by atoms with Gasteiger partial charge in [-0.3, -0.25) is 0 Å². The molecule has 1 aromatic carbocycles. The van der Waals surface area contributed by atoms with Crippen molar-refractivity contribution >= 4 is 0 Å². The fourth-order valence-electron chi connectivity index (χ4n) is 2.58. The fourth-order valence-corrected chi connectivity index (χ4v) is 2.58. The van der Waals surface area contributed by atoms with Gasteiger partial charge in [-0.1, -0.05) is 18.8 Å². The van der Waals surface area contributed by atoms with Crippen LogP contribution >= 0.6 is 0 Å². The van der Waals surface area contributed by atoms with E-state index in [0.717, 1.165) is 17.9 Å². The van der Waals surface area contributed by atoms with Crippen LogP contribution in [0.15, 0.2) is 6.07 Å². The molecule has 0 amide bonds. The maximum absolute atomic E-state index is 4.49. The van der Waals surface area contributed by atoms with Gasteiger partial charge in [0.05, 0.1) is 0 Å². The maximum Gasteiger partial charge on any atom is 0.0106 e. The average molecular weight is 342 g/mol. The number of aryl methyl sites for hydroxylation is 1. The minimum absolute atomic E-state index is 0. The number of hydrogen-bond donors (Lipinski definition) is 0. The molecule has 3 heteroatoms. The summed E-state index contributed by atoms with van der Waals surface area (Å²) in [4.78, 5) is 8.53. The van der Waals surface area contributed by atoms with Gasteiger partial charge in [-0.2, -0.15) is 0 Å². The van der Waals surface area contributed by atoms with E-state index in [1.165, 1.54) is 33.4 Å². The Morgan fingerprint density at radius 3 is 1.85 bits per heavy atom. The number of benzene rings is 1. The first-order valence-corrected chi connectivity index (χ1v) is 6.68. The molecular formula is C17H21N2Y-. The van der Waals surface area contributed by atoms with E-state index in [1.54, 1.807) is 0 Å². The second-order valence-corrected chi connectivity index (χ2v) is 5.32. The summed E-state index contributed by atoms with van der Waals surface area (Å²) >= 11 is 0. The molecule has 1 radical (unpaired) electrons. The first-order valence-electron chi connectivity index (χ1n) is 6.68. The molecule has 2 nitrogen and oxygen atoms in total. The van der Waals surface area contributed by atoms with Crippen molar-refractivity contribution in [3.8, 4) is 0 Å². The molecule has 0 spiro atoms. The second kappa shape index (κ2) is 6.91. The molecule has 2 aromatic rings. The van der Waals surface area contributed by atoms with Crippen molar-refractivity contribution in [1.82, 2.24) is 9.97 Å². The Balaban J connectivity index is 0.00000200. The van der Waals surface area contributed by atoms with E-state index in [0.29, 0.717) is 0 Å². The molecule has 1 aromatic heterocycles. The van der Waals surface area contributed by atoms with Crippen LogP contribution in [0.4, 0.5) is 0 Å². The molecule has 0 atom stereocenters. The van der Waals surface area contributed by atoms with Gasteiger partial charge in [-0.25, -0.2) is 0 Å². The summed E-state index contributed by atoms with van der Waals surface area (Å²) < 4.78 is 0. The van der Waals surface area contributed by atoms with E-state index in [-0.39, 0.29) is 32.7 Å². The van der Waals surface area contributed by atoms with Crippen molar-refractivity contribution in [2.45, 2.75) is 48.0 Å². The molecule has 0 aliphatic carbocycles. The molecule has 0 unspecified atom stereocenters. The van der Waals surface area contributed by atoms with Gasteiger partial charge in [-0.15, -0.1) is 6.07 Å². The van der Waals surface area contributed by atoms with Crippen LogP contribution < -0.4 is 0 Å². The zero-order valence-electron chi connectivity index (χ0n) is 13.3. The molecule has 20 heavy (non-hydrogen) atoms. The summed E-state index contributed by atoms with van der Waals surface area (Å²) in [6, 6.07) is 1.89. The Morgan fingerprint density at radius 1 is 0.850 bits per heavy atom. The molecule has 0 aliphatic heterocycles. The predicted molar refractivity (Wildman–Crippen MR) is 78.5 cm³/mol. The van der Waals surface area contributed by atoms with Crippen LogP contribution in [-0.2, 0) is 39.1 Å². The molecule has 0 bridgehead atoms. The first-order chi connectivity index (χ1) is 8.91. The normalized spacial score (nSPS) is 10.3. The molecule has 0 saturated carbocycles. The van der Waals surface area contributed by atoms with Crippen LogP contribution in [0.2, 0.25) is 0 Å². The summed E-state index contributed by atoms with van der Waals surface area (Å²) in [5.41, 5.74) is 9.41. The molecule has 0 saturated heterocycles. The Hall–Kier alpha value is -0.596. The van der Waals surface area contributed by atoms with E-state index in [1.807, 2.05) is 13.0 Å². The van der Waals surface area contributed by atoms with Crippen LogP contribution in [-0.4, -0.2) is 9.97 Å². The van der Waals surface area contributed by atoms with Gasteiger partial charge >= 0.3 is 0 Å². The van der Waals surface area contributed by atoms with Gasteiger partial charge in [0.1, 0.15) is 0 Å². The molecule has 0 fully saturated rings. The van der Waals surface area contributed by atoms with Gasteiger partial charge < -0.3 is 9.97 Å². The number of hydrogen-bond acceptors (Lipinski definition) is 2. The second-order valence-electron chi connectivity index (χ2n) is 5.32. The monoisotopic (exact) mass is 342 g/mol. The molecule has 0 N–H and O–H groups in total. The predicted octanol–water partition coefficient (Wildman–Crippen LogP) is 3.72. The van der Waals surface area contributed by atoms with Gasteiger partial charge in [0, 0.05) is 38.5 Å². The van der Waals surface area contributed by atoms with Crippen molar-refractivity contribution in [3.05, 3.63) is 57.2 Å². The summed E-state index contributed by atoms with van der Waals surface area (Å²) in [5, 5.41) is 0. The molecule has 0 aliphatic rings. The number of aromatic nitrogens is 2. The Kier molecular flexibility index (Phi) is 6.03. The molecule has 103 valence electrons. The third-order valence-corrected chi connectivity index (χ3v) is 4.28. The van der Waals surface area contributed by atoms with E-state index < -0.39 is 0 Å². The summed E-state index contributed by atoms with van der Waals surface area (Å²) in [6.07, 6.45) is 3.78. The third-order valence-electron chi connectivity index (χ3n) is 4.28. The van der Waals surface area contributed by atoms with Gasteiger partial charge in [-0.05, 0) is 74.4 Å². The molecule has 2 rings (SSSR count). The molecular weight excluding hydrogens is 321 g/mol. The van der Waals surface area contributed by atoms with Crippen LogP contribution in [0, 0.1) is 47.7 Å². The van der Waals surface area contributed by atoms with Crippen molar-refractivity contribution in [1.29, 1.82) is 0 Å². The van der Waals surface area contributed by atoms with Crippen molar-refractivity contribution in [3.63, 3.8) is 0 Å². The summed E-state index contributed by atoms with van der Waals surface area (Å²) in [5.74, 6) is 0.786. The van der Waals surface area contributed by atoms with E-state index in [4.69, 9.17) is 0 Å². The maximum atomic E-state index is 4.49. The fraction of sp³-hybridized carbons (Fsp3) is 0.412. The zero-order valence-corrected chi connectivity index (χ0v) is 16.1. The Labute approximate surface area is 147 Å². The van der Waals surface area contributed by atoms with E-state index in [9.17, 15) is 0 Å². The van der Waals surface area contributed by atoms with Crippen LogP contribution in [0.1, 0.15) is 44.9 Å². The topological polar surface area (TPSA) is 25.8 Å². The Morgan fingerprint density at radius 2 is 1.35 bits per heavy atom. The first kappa shape index (κ1) is 17.5. The van der Waals surface area contributed by atoms with E-state index >= 15 is 0 Å². The van der Waals surface area contributed by atoms with Crippen LogP contribution in [0.3, 0.4) is 0 Å². The third kappa shape index (κ3) is 3.35. The zero-order chi connectivity index (χ0) is 14.2. The van der Waals surface area contributed by atoms with Crippen LogP contribution in [0.5, 0.6) is 0 Å². The smallest absolute Gasteiger partial charge is 0.0106 e. The largest absolute Gasteiger partial charge is 0.373 e.